The standard InChI is InChI=1S/C67H119NO3/c1-3-5-7-9-11-13-15-17-19-21-23-25-27-29-30-31-32-33-34-35-36-37-38-39-41-43-45-47-49-51-53-55-57-59-61-63-67(71)68-65(64-69)66(70)62-60-58-56-54-52-50-48-46-44-42-40-28-26-24-22-20-18-16-14-12-10-8-6-4-2/h5,7,11,13,17,19,23,25,29-30,32-33,52,54,60,62,65-66,69-70H,3-4,6,8-10,12,14-16,18,20-22,24,26-28,31,34-51,53,55-59,61,63-64H2,1-2H3,(H,68,71)/b7-5-,13-11-,19-17-,25-23-,30-29-,33-32-,54-52+,62-60+. The summed E-state index contributed by atoms with van der Waals surface area (Å²) in [5.41, 5.74) is 0. The van der Waals surface area contributed by atoms with Gasteiger partial charge in [0.05, 0.1) is 18.8 Å². The van der Waals surface area contributed by atoms with Crippen molar-refractivity contribution in [2.45, 2.75) is 315 Å². The van der Waals surface area contributed by atoms with E-state index in [0.717, 1.165) is 70.6 Å². The Morgan fingerprint density at radius 3 is 0.986 bits per heavy atom. The topological polar surface area (TPSA) is 69.6 Å². The molecule has 71 heavy (non-hydrogen) atoms. The van der Waals surface area contributed by atoms with Crippen LogP contribution in [0.3, 0.4) is 0 Å². The van der Waals surface area contributed by atoms with E-state index < -0.39 is 12.1 Å². The summed E-state index contributed by atoms with van der Waals surface area (Å²) in [6.07, 6.45) is 91.6. The number of aliphatic hydroxyl groups is 2. The molecule has 4 nitrogen and oxygen atoms in total. The smallest absolute Gasteiger partial charge is 0.220 e. The van der Waals surface area contributed by atoms with Gasteiger partial charge in [0.2, 0.25) is 5.91 Å². The maximum atomic E-state index is 12.5. The fraction of sp³-hybridized carbons (Fsp3) is 0.746. The van der Waals surface area contributed by atoms with Gasteiger partial charge in [-0.2, -0.15) is 0 Å². The Hall–Kier alpha value is -2.69. The number of aliphatic hydroxyl groups excluding tert-OH is 2. The van der Waals surface area contributed by atoms with E-state index in [1.54, 1.807) is 6.08 Å². The van der Waals surface area contributed by atoms with Crippen molar-refractivity contribution in [3.63, 3.8) is 0 Å². The fourth-order valence-electron chi connectivity index (χ4n) is 9.14. The van der Waals surface area contributed by atoms with Crippen LogP contribution in [0.2, 0.25) is 0 Å². The third kappa shape index (κ3) is 58.1. The lowest BCUT2D eigenvalue weighted by Gasteiger charge is -2.19. The molecule has 0 heterocycles. The highest BCUT2D eigenvalue weighted by atomic mass is 16.3. The van der Waals surface area contributed by atoms with Crippen LogP contribution in [0.15, 0.2) is 97.2 Å². The summed E-state index contributed by atoms with van der Waals surface area (Å²) in [6.45, 7) is 4.20. The van der Waals surface area contributed by atoms with Crippen molar-refractivity contribution in [3.8, 4) is 0 Å². The molecule has 410 valence electrons. The van der Waals surface area contributed by atoms with Crippen molar-refractivity contribution in [1.82, 2.24) is 5.32 Å². The summed E-state index contributed by atoms with van der Waals surface area (Å²) < 4.78 is 0. The third-order valence-corrected chi connectivity index (χ3v) is 13.8. The number of allylic oxidation sites excluding steroid dienone is 15. The van der Waals surface area contributed by atoms with Crippen LogP contribution in [0.5, 0.6) is 0 Å². The number of hydrogen-bond acceptors (Lipinski definition) is 3. The van der Waals surface area contributed by atoms with Gasteiger partial charge in [-0.25, -0.2) is 0 Å². The van der Waals surface area contributed by atoms with E-state index in [2.05, 4.69) is 104 Å². The maximum absolute atomic E-state index is 12.5. The molecule has 0 aromatic rings. The Balaban J connectivity index is 3.53. The second kappa shape index (κ2) is 61.6. The zero-order valence-electron chi connectivity index (χ0n) is 47.2. The zero-order chi connectivity index (χ0) is 51.3. The average molecular weight is 987 g/mol. The molecule has 0 aliphatic heterocycles. The second-order valence-electron chi connectivity index (χ2n) is 20.7. The van der Waals surface area contributed by atoms with E-state index in [-0.39, 0.29) is 12.5 Å². The largest absolute Gasteiger partial charge is 0.394 e. The van der Waals surface area contributed by atoms with Gasteiger partial charge >= 0.3 is 0 Å². The van der Waals surface area contributed by atoms with E-state index in [0.29, 0.717) is 6.42 Å². The van der Waals surface area contributed by atoms with Gasteiger partial charge in [0.15, 0.2) is 0 Å². The molecule has 0 aliphatic carbocycles. The minimum Gasteiger partial charge on any atom is -0.394 e. The van der Waals surface area contributed by atoms with Crippen LogP contribution in [0, 0.1) is 0 Å². The number of nitrogens with one attached hydrogen (secondary N) is 1. The second-order valence-corrected chi connectivity index (χ2v) is 20.7. The highest BCUT2D eigenvalue weighted by molar-refractivity contribution is 5.76. The Labute approximate surface area is 443 Å². The first-order valence-electron chi connectivity index (χ1n) is 31.0. The van der Waals surface area contributed by atoms with Gasteiger partial charge in [-0.1, -0.05) is 310 Å². The first kappa shape index (κ1) is 68.3. The van der Waals surface area contributed by atoms with Crippen LogP contribution < -0.4 is 5.32 Å². The van der Waals surface area contributed by atoms with Crippen LogP contribution in [0.25, 0.3) is 0 Å². The number of amides is 1. The highest BCUT2D eigenvalue weighted by Gasteiger charge is 2.18. The van der Waals surface area contributed by atoms with E-state index in [1.165, 1.54) is 212 Å². The Morgan fingerprint density at radius 2 is 0.634 bits per heavy atom. The van der Waals surface area contributed by atoms with Gasteiger partial charge < -0.3 is 15.5 Å². The van der Waals surface area contributed by atoms with Crippen LogP contribution in [0.4, 0.5) is 0 Å². The number of carbonyl (C=O) groups excluding carboxylic acids is 1. The molecule has 0 aromatic carbocycles. The summed E-state index contributed by atoms with van der Waals surface area (Å²) in [6, 6.07) is -0.644. The van der Waals surface area contributed by atoms with Crippen LogP contribution in [-0.2, 0) is 4.79 Å². The van der Waals surface area contributed by atoms with Crippen LogP contribution >= 0.6 is 0 Å². The summed E-state index contributed by atoms with van der Waals surface area (Å²) in [5, 5.41) is 23.2. The lowest BCUT2D eigenvalue weighted by Crippen LogP contribution is -2.45. The van der Waals surface area contributed by atoms with E-state index in [1.807, 2.05) is 6.08 Å². The lowest BCUT2D eigenvalue weighted by atomic mass is 10.0. The van der Waals surface area contributed by atoms with Crippen molar-refractivity contribution < 1.29 is 15.0 Å². The highest BCUT2D eigenvalue weighted by Crippen LogP contribution is 2.17. The molecule has 0 aromatic heterocycles. The Bertz CT molecular complexity index is 1300. The average Bonchev–Trinajstić information content (AvgIpc) is 3.37. The lowest BCUT2D eigenvalue weighted by molar-refractivity contribution is -0.123. The molecule has 0 bridgehead atoms. The van der Waals surface area contributed by atoms with Gasteiger partial charge in [-0.05, 0) is 83.5 Å². The van der Waals surface area contributed by atoms with Crippen molar-refractivity contribution in [2.24, 2.45) is 0 Å². The van der Waals surface area contributed by atoms with Gasteiger partial charge in [-0.3, -0.25) is 4.79 Å². The quantitative estimate of drug-likeness (QED) is 0.0420. The molecule has 0 spiro atoms. The monoisotopic (exact) mass is 986 g/mol. The molecule has 1 amide bonds. The van der Waals surface area contributed by atoms with E-state index in [4.69, 9.17) is 0 Å². The predicted molar refractivity (Wildman–Crippen MR) is 317 cm³/mol. The fourth-order valence-corrected chi connectivity index (χ4v) is 9.14. The SMILES string of the molecule is CC/C=C\C/C=C\C/C=C\C/C=C\C/C=C\C/C=C\CCCCCCCCCCCCCCCCCCC(=O)NC(CO)C(O)/C=C/CC/C=C/CCCCCCCCCCCCCCCCCCCC. The third-order valence-electron chi connectivity index (χ3n) is 13.8. The predicted octanol–water partition coefficient (Wildman–Crippen LogP) is 20.9. The van der Waals surface area contributed by atoms with Crippen molar-refractivity contribution >= 4 is 5.91 Å². The van der Waals surface area contributed by atoms with Crippen LogP contribution in [-0.4, -0.2) is 34.9 Å². The number of hydrogen-bond donors (Lipinski definition) is 3. The normalized spacial score (nSPS) is 13.5. The molecule has 0 radical (unpaired) electrons. The first-order valence-corrected chi connectivity index (χ1v) is 31.0. The minimum absolute atomic E-state index is 0.0733. The Kier molecular flexibility index (Phi) is 59.3. The summed E-state index contributed by atoms with van der Waals surface area (Å²) in [4.78, 5) is 12.5. The molecule has 0 saturated carbocycles. The first-order chi connectivity index (χ1) is 35.2. The minimum atomic E-state index is -0.867. The molecule has 2 unspecified atom stereocenters. The molecular formula is C67H119NO3. The van der Waals surface area contributed by atoms with E-state index in [9.17, 15) is 15.0 Å². The summed E-state index contributed by atoms with van der Waals surface area (Å²) in [7, 11) is 0. The molecule has 0 saturated heterocycles. The summed E-state index contributed by atoms with van der Waals surface area (Å²) >= 11 is 0. The molecule has 3 N–H and O–H groups in total. The van der Waals surface area contributed by atoms with E-state index >= 15 is 0 Å². The molecule has 0 aliphatic rings. The van der Waals surface area contributed by atoms with Crippen LogP contribution in [0.1, 0.15) is 303 Å². The zero-order valence-corrected chi connectivity index (χ0v) is 47.2. The number of unbranched alkanes of at least 4 members (excludes halogenated alkanes) is 35. The van der Waals surface area contributed by atoms with Crippen molar-refractivity contribution in [2.75, 3.05) is 6.61 Å². The number of carbonyl (C=O) groups is 1. The molecule has 2 atom stereocenters. The Morgan fingerprint density at radius 1 is 0.352 bits per heavy atom. The molecule has 0 fully saturated rings. The van der Waals surface area contributed by atoms with Crippen molar-refractivity contribution in [1.29, 1.82) is 0 Å². The maximum Gasteiger partial charge on any atom is 0.220 e. The molecule has 4 heteroatoms. The van der Waals surface area contributed by atoms with Gasteiger partial charge in [0.25, 0.3) is 0 Å². The van der Waals surface area contributed by atoms with Gasteiger partial charge in [0.1, 0.15) is 0 Å². The number of rotatable bonds is 56. The van der Waals surface area contributed by atoms with Gasteiger partial charge in [0, 0.05) is 6.42 Å². The van der Waals surface area contributed by atoms with Crippen molar-refractivity contribution in [3.05, 3.63) is 97.2 Å². The molecular weight excluding hydrogens is 867 g/mol. The molecule has 0 rings (SSSR count). The van der Waals surface area contributed by atoms with Gasteiger partial charge in [-0.15, -0.1) is 0 Å². The summed E-state index contributed by atoms with van der Waals surface area (Å²) in [5.74, 6) is -0.0733.